The number of carbonyl (C=O) groups is 1. The molecule has 0 aliphatic heterocycles. The van der Waals surface area contributed by atoms with Crippen molar-refractivity contribution in [3.05, 3.63) is 35.9 Å². The average molecular weight is 248 g/mol. The van der Waals surface area contributed by atoms with Crippen LogP contribution in [0.3, 0.4) is 0 Å². The Kier molecular flexibility index (Phi) is 5.98. The van der Waals surface area contributed by atoms with Gasteiger partial charge in [0.05, 0.1) is 12.2 Å². The molecule has 0 aliphatic carbocycles. The summed E-state index contributed by atoms with van der Waals surface area (Å²) in [5, 5.41) is 0. The fourth-order valence-electron chi connectivity index (χ4n) is 1.33. The van der Waals surface area contributed by atoms with Crippen LogP contribution in [0, 0.1) is 0 Å². The van der Waals surface area contributed by atoms with Crippen molar-refractivity contribution in [3.63, 3.8) is 0 Å². The molecular weight excluding hydrogens is 228 g/mol. The molecule has 0 radical (unpaired) electrons. The molecule has 0 aromatic heterocycles. The summed E-state index contributed by atoms with van der Waals surface area (Å²) >= 11 is 0. The molecule has 1 rings (SSSR count). The van der Waals surface area contributed by atoms with Gasteiger partial charge < -0.3 is 9.47 Å². The molecule has 0 fully saturated rings. The lowest BCUT2D eigenvalue weighted by atomic mass is 10.2. The first kappa shape index (κ1) is 14.3. The molecule has 1 aromatic rings. The van der Waals surface area contributed by atoms with Crippen molar-refractivity contribution in [1.29, 1.82) is 0 Å². The summed E-state index contributed by atoms with van der Waals surface area (Å²) in [6.45, 7) is 9.02. The molecule has 3 heteroatoms. The Bertz CT molecular complexity index is 410. The number of ether oxygens (including phenoxy) is 2. The zero-order valence-corrected chi connectivity index (χ0v) is 11.1. The van der Waals surface area contributed by atoms with E-state index < -0.39 is 0 Å². The number of hydrogen-bond acceptors (Lipinski definition) is 3. The van der Waals surface area contributed by atoms with Crippen LogP contribution in [0.4, 0.5) is 0 Å². The van der Waals surface area contributed by atoms with Gasteiger partial charge in [-0.15, -0.1) is 0 Å². The van der Waals surface area contributed by atoms with E-state index in [0.29, 0.717) is 24.5 Å². The molecule has 0 saturated heterocycles. The maximum Gasteiger partial charge on any atom is 0.153 e. The second-order valence-electron chi connectivity index (χ2n) is 4.06. The van der Waals surface area contributed by atoms with Gasteiger partial charge in [0.25, 0.3) is 0 Å². The molecule has 0 saturated carbocycles. The number of rotatable bonds is 8. The van der Waals surface area contributed by atoms with E-state index in [4.69, 9.17) is 9.47 Å². The third kappa shape index (κ3) is 4.24. The van der Waals surface area contributed by atoms with Gasteiger partial charge in [0.2, 0.25) is 0 Å². The van der Waals surface area contributed by atoms with Crippen molar-refractivity contribution in [2.75, 3.05) is 13.2 Å². The van der Waals surface area contributed by atoms with Crippen molar-refractivity contribution in [1.82, 2.24) is 0 Å². The van der Waals surface area contributed by atoms with E-state index in [9.17, 15) is 4.79 Å². The van der Waals surface area contributed by atoms with E-state index >= 15 is 0 Å². The first-order chi connectivity index (χ1) is 8.71. The molecule has 0 heterocycles. The van der Waals surface area contributed by atoms with Gasteiger partial charge in [0.15, 0.2) is 6.29 Å². The third-order valence-corrected chi connectivity index (χ3v) is 2.52. The Labute approximate surface area is 108 Å². The maximum absolute atomic E-state index is 10.9. The Balaban J connectivity index is 2.78. The molecule has 0 bridgehead atoms. The smallest absolute Gasteiger partial charge is 0.153 e. The van der Waals surface area contributed by atoms with E-state index in [2.05, 4.69) is 6.58 Å². The quantitative estimate of drug-likeness (QED) is 0.520. The molecule has 0 N–H and O–H groups in total. The summed E-state index contributed by atoms with van der Waals surface area (Å²) in [4.78, 5) is 10.9. The van der Waals surface area contributed by atoms with Gasteiger partial charge in [-0.1, -0.05) is 20.4 Å². The highest BCUT2D eigenvalue weighted by Crippen LogP contribution is 2.24. The predicted octanol–water partition coefficient (Wildman–Crippen LogP) is 3.63. The number of benzene rings is 1. The highest BCUT2D eigenvalue weighted by atomic mass is 16.5. The molecule has 0 amide bonds. The third-order valence-electron chi connectivity index (χ3n) is 2.52. The molecule has 0 spiro atoms. The Morgan fingerprint density at radius 3 is 2.72 bits per heavy atom. The molecule has 18 heavy (non-hydrogen) atoms. The SMILES string of the molecule is C=C(CC)COc1cc(OCCC)ccc1C=O. The molecule has 1 aromatic carbocycles. The lowest BCUT2D eigenvalue weighted by Gasteiger charge is -2.11. The molecule has 3 nitrogen and oxygen atoms in total. The second kappa shape index (κ2) is 7.54. The van der Waals surface area contributed by atoms with Crippen molar-refractivity contribution < 1.29 is 14.3 Å². The van der Waals surface area contributed by atoms with E-state index in [1.54, 1.807) is 18.2 Å². The Hall–Kier alpha value is -1.77. The van der Waals surface area contributed by atoms with Gasteiger partial charge in [-0.05, 0) is 30.5 Å². The van der Waals surface area contributed by atoms with E-state index in [1.165, 1.54) is 0 Å². The van der Waals surface area contributed by atoms with Gasteiger partial charge in [-0.3, -0.25) is 4.79 Å². The molecule has 0 atom stereocenters. The molecule has 0 unspecified atom stereocenters. The molecule has 98 valence electrons. The van der Waals surface area contributed by atoms with Crippen LogP contribution in [0.1, 0.15) is 37.0 Å². The van der Waals surface area contributed by atoms with Gasteiger partial charge in [0.1, 0.15) is 18.1 Å². The van der Waals surface area contributed by atoms with Gasteiger partial charge >= 0.3 is 0 Å². The maximum atomic E-state index is 10.9. The lowest BCUT2D eigenvalue weighted by molar-refractivity contribution is 0.112. The minimum atomic E-state index is 0.425. The van der Waals surface area contributed by atoms with Crippen LogP contribution in [-0.2, 0) is 0 Å². The Morgan fingerprint density at radius 1 is 1.33 bits per heavy atom. The van der Waals surface area contributed by atoms with Crippen LogP contribution in [0.15, 0.2) is 30.4 Å². The van der Waals surface area contributed by atoms with Crippen molar-refractivity contribution in [2.45, 2.75) is 26.7 Å². The Morgan fingerprint density at radius 2 is 2.11 bits per heavy atom. The largest absolute Gasteiger partial charge is 0.493 e. The van der Waals surface area contributed by atoms with Crippen LogP contribution in [0.25, 0.3) is 0 Å². The first-order valence-corrected chi connectivity index (χ1v) is 6.22. The predicted molar refractivity (Wildman–Crippen MR) is 72.5 cm³/mol. The van der Waals surface area contributed by atoms with Crippen molar-refractivity contribution in [2.24, 2.45) is 0 Å². The fourth-order valence-corrected chi connectivity index (χ4v) is 1.33. The zero-order valence-electron chi connectivity index (χ0n) is 11.1. The summed E-state index contributed by atoms with van der Waals surface area (Å²) in [7, 11) is 0. The van der Waals surface area contributed by atoms with Crippen LogP contribution < -0.4 is 9.47 Å². The highest BCUT2D eigenvalue weighted by Gasteiger charge is 2.06. The monoisotopic (exact) mass is 248 g/mol. The van der Waals surface area contributed by atoms with E-state index in [0.717, 1.165) is 30.5 Å². The normalized spacial score (nSPS) is 9.89. The van der Waals surface area contributed by atoms with Crippen LogP contribution in [0.5, 0.6) is 11.5 Å². The van der Waals surface area contributed by atoms with Gasteiger partial charge in [-0.25, -0.2) is 0 Å². The summed E-state index contributed by atoms with van der Waals surface area (Å²) in [6, 6.07) is 5.24. The molecular formula is C15H20O3. The standard InChI is InChI=1S/C15H20O3/c1-4-8-17-14-7-6-13(10-16)15(9-14)18-11-12(3)5-2/h6-7,9-10H,3-5,8,11H2,1-2H3. The first-order valence-electron chi connectivity index (χ1n) is 6.22. The second-order valence-corrected chi connectivity index (χ2v) is 4.06. The van der Waals surface area contributed by atoms with Crippen LogP contribution in [-0.4, -0.2) is 19.5 Å². The van der Waals surface area contributed by atoms with Gasteiger partial charge in [0, 0.05) is 6.07 Å². The minimum Gasteiger partial charge on any atom is -0.493 e. The number of aldehydes is 1. The number of carbonyl (C=O) groups excluding carboxylic acids is 1. The summed E-state index contributed by atoms with van der Waals surface area (Å²) in [5.41, 5.74) is 1.52. The average Bonchev–Trinajstić information content (AvgIpc) is 2.42. The highest BCUT2D eigenvalue weighted by molar-refractivity contribution is 5.79. The van der Waals surface area contributed by atoms with Crippen molar-refractivity contribution in [3.8, 4) is 11.5 Å². The van der Waals surface area contributed by atoms with Crippen LogP contribution >= 0.6 is 0 Å². The summed E-state index contributed by atoms with van der Waals surface area (Å²) < 4.78 is 11.1. The van der Waals surface area contributed by atoms with Crippen molar-refractivity contribution >= 4 is 6.29 Å². The topological polar surface area (TPSA) is 35.5 Å². The minimum absolute atomic E-state index is 0.425. The lowest BCUT2D eigenvalue weighted by Crippen LogP contribution is -2.03. The summed E-state index contributed by atoms with van der Waals surface area (Å²) in [6.07, 6.45) is 2.59. The van der Waals surface area contributed by atoms with Gasteiger partial charge in [-0.2, -0.15) is 0 Å². The molecule has 0 aliphatic rings. The summed E-state index contributed by atoms with van der Waals surface area (Å²) in [5.74, 6) is 1.27. The van der Waals surface area contributed by atoms with Crippen LogP contribution in [0.2, 0.25) is 0 Å². The zero-order chi connectivity index (χ0) is 13.4. The van der Waals surface area contributed by atoms with E-state index in [1.807, 2.05) is 13.8 Å². The van der Waals surface area contributed by atoms with E-state index in [-0.39, 0.29) is 0 Å². The number of hydrogen-bond donors (Lipinski definition) is 0. The fraction of sp³-hybridized carbons (Fsp3) is 0.400.